The maximum atomic E-state index is 11.7. The van der Waals surface area contributed by atoms with Gasteiger partial charge in [0.15, 0.2) is 5.78 Å². The number of rotatable bonds is 5. The summed E-state index contributed by atoms with van der Waals surface area (Å²) in [5.41, 5.74) is 6.30. The third kappa shape index (κ3) is 4.68. The summed E-state index contributed by atoms with van der Waals surface area (Å²) in [6.07, 6.45) is 2.67. The van der Waals surface area contributed by atoms with Gasteiger partial charge in [0.25, 0.3) is 0 Å². The van der Waals surface area contributed by atoms with Crippen molar-refractivity contribution in [3.63, 3.8) is 0 Å². The fourth-order valence-electron chi connectivity index (χ4n) is 1.22. The van der Waals surface area contributed by atoms with E-state index in [1.807, 2.05) is 6.26 Å². The molecule has 0 fully saturated rings. The number of Topliss-reactive ketones (excluding diaryl/α,β-unsaturated/α-hetero) is 1. The van der Waals surface area contributed by atoms with Crippen molar-refractivity contribution in [1.82, 2.24) is 0 Å². The van der Waals surface area contributed by atoms with Gasteiger partial charge in [-0.2, -0.15) is 11.8 Å². The normalized spacial score (nSPS) is 11.6. The van der Waals surface area contributed by atoms with Crippen molar-refractivity contribution in [1.29, 1.82) is 0 Å². The van der Waals surface area contributed by atoms with E-state index in [0.717, 1.165) is 5.75 Å². The third-order valence-corrected chi connectivity index (χ3v) is 2.77. The Kier molecular flexibility index (Phi) is 7.73. The summed E-state index contributed by atoms with van der Waals surface area (Å²) in [6.45, 7) is 0. The zero-order chi connectivity index (χ0) is 11.3. The van der Waals surface area contributed by atoms with Crippen molar-refractivity contribution in [3.8, 4) is 5.75 Å². The number of phenolic OH excluding ortho intramolecular Hbond substituents is 1. The molecule has 0 saturated heterocycles. The Balaban J connectivity index is 0.00000225. The van der Waals surface area contributed by atoms with Crippen LogP contribution in [-0.2, 0) is 21.1 Å². The number of carbonyl (C=O) groups excluding carboxylic acids is 1. The Morgan fingerprint density at radius 3 is 2.50 bits per heavy atom. The molecule has 1 atom stereocenters. The van der Waals surface area contributed by atoms with Crippen molar-refractivity contribution in [2.45, 2.75) is 12.5 Å². The van der Waals surface area contributed by atoms with Crippen molar-refractivity contribution < 1.29 is 31.0 Å². The molecule has 0 aliphatic heterocycles. The van der Waals surface area contributed by atoms with E-state index >= 15 is 0 Å². The summed E-state index contributed by atoms with van der Waals surface area (Å²) in [6, 6.07) is 5.73. The topological polar surface area (TPSA) is 63.3 Å². The first-order valence-electron chi connectivity index (χ1n) is 4.73. The second-order valence-corrected chi connectivity index (χ2v) is 4.28. The number of phenols is 1. The Labute approximate surface area is 114 Å². The minimum absolute atomic E-state index is 0. The van der Waals surface area contributed by atoms with Crippen LogP contribution < -0.4 is 5.73 Å². The molecule has 0 radical (unpaired) electrons. The quantitative estimate of drug-likeness (QED) is 0.727. The summed E-state index contributed by atoms with van der Waals surface area (Å²) < 4.78 is 0. The smallest absolute Gasteiger partial charge is 0.179 e. The Hall–Kier alpha value is -0.312. The molecular weight excluding hydrogens is 394 g/mol. The van der Waals surface area contributed by atoms with Gasteiger partial charge < -0.3 is 10.8 Å². The van der Waals surface area contributed by atoms with Gasteiger partial charge in [0.05, 0.1) is 6.04 Å². The van der Waals surface area contributed by atoms with E-state index < -0.39 is 6.04 Å². The predicted molar refractivity (Wildman–Crippen MR) is 63.4 cm³/mol. The second-order valence-electron chi connectivity index (χ2n) is 3.30. The molecule has 0 heterocycles. The molecule has 1 rings (SSSR count). The molecule has 0 bridgehead atoms. The van der Waals surface area contributed by atoms with E-state index in [9.17, 15) is 4.79 Å². The number of nitrogens with two attached hydrogens (primary N) is 1. The van der Waals surface area contributed by atoms with E-state index in [-0.39, 0.29) is 32.6 Å². The zero-order valence-corrected chi connectivity index (χ0v) is 12.8. The third-order valence-electron chi connectivity index (χ3n) is 2.12. The van der Waals surface area contributed by atoms with E-state index in [0.29, 0.717) is 12.0 Å². The Bertz CT molecular complexity index is 329. The average molecular weight is 409 g/mol. The second kappa shape index (κ2) is 7.88. The summed E-state index contributed by atoms with van der Waals surface area (Å²) in [7, 11) is 0. The zero-order valence-electron chi connectivity index (χ0n) is 9.05. The van der Waals surface area contributed by atoms with Gasteiger partial charge in [-0.25, -0.2) is 0 Å². The fraction of sp³-hybridized carbons (Fsp3) is 0.364. The number of benzene rings is 1. The first-order valence-corrected chi connectivity index (χ1v) is 6.12. The van der Waals surface area contributed by atoms with Crippen LogP contribution in [0.5, 0.6) is 5.75 Å². The summed E-state index contributed by atoms with van der Waals surface area (Å²) in [5.74, 6) is 0.971. The van der Waals surface area contributed by atoms with Crippen LogP contribution in [-0.4, -0.2) is 28.9 Å². The van der Waals surface area contributed by atoms with Gasteiger partial charge >= 0.3 is 0 Å². The first-order chi connectivity index (χ1) is 7.15. The van der Waals surface area contributed by atoms with Crippen molar-refractivity contribution in [2.24, 2.45) is 5.73 Å². The van der Waals surface area contributed by atoms with Gasteiger partial charge in [0.1, 0.15) is 5.75 Å². The van der Waals surface area contributed by atoms with Gasteiger partial charge in [0.2, 0.25) is 0 Å². The first kappa shape index (κ1) is 15.7. The molecule has 0 spiro atoms. The number of thioether (sulfide) groups is 1. The molecule has 0 saturated carbocycles. The molecular formula is C11H15NO2SW. The van der Waals surface area contributed by atoms with Crippen LogP contribution in [0, 0.1) is 0 Å². The van der Waals surface area contributed by atoms with Gasteiger partial charge in [-0.3, -0.25) is 4.79 Å². The van der Waals surface area contributed by atoms with Crippen LogP contribution in [0.1, 0.15) is 16.8 Å². The van der Waals surface area contributed by atoms with Gasteiger partial charge in [0, 0.05) is 26.6 Å². The van der Waals surface area contributed by atoms with Crippen LogP contribution >= 0.6 is 11.8 Å². The van der Waals surface area contributed by atoms with E-state index in [4.69, 9.17) is 10.8 Å². The largest absolute Gasteiger partial charge is 0.508 e. The standard InChI is InChI=1S/C11H15NO2S.W/c1-15-7-6-10(12)11(14)8-2-4-9(13)5-3-8;/h2-5,10,13H,6-7,12H2,1H3;/t10-;/m0./s1. The number of hydrogen-bond acceptors (Lipinski definition) is 4. The van der Waals surface area contributed by atoms with E-state index in [1.165, 1.54) is 12.1 Å². The summed E-state index contributed by atoms with van der Waals surface area (Å²) in [5, 5.41) is 9.07. The molecule has 88 valence electrons. The average Bonchev–Trinajstić information content (AvgIpc) is 2.26. The van der Waals surface area contributed by atoms with Gasteiger partial charge in [-0.05, 0) is 42.7 Å². The van der Waals surface area contributed by atoms with Crippen molar-refractivity contribution >= 4 is 17.5 Å². The molecule has 0 aliphatic carbocycles. The molecule has 5 heteroatoms. The summed E-state index contributed by atoms with van der Waals surface area (Å²) >= 11 is 1.67. The molecule has 1 aromatic rings. The minimum Gasteiger partial charge on any atom is -0.508 e. The van der Waals surface area contributed by atoms with Crippen LogP contribution in [0.2, 0.25) is 0 Å². The molecule has 3 N–H and O–H groups in total. The van der Waals surface area contributed by atoms with Crippen molar-refractivity contribution in [3.05, 3.63) is 29.8 Å². The van der Waals surface area contributed by atoms with Gasteiger partial charge in [-0.15, -0.1) is 0 Å². The molecule has 0 aliphatic rings. The molecule has 0 unspecified atom stereocenters. The van der Waals surface area contributed by atoms with Crippen molar-refractivity contribution in [2.75, 3.05) is 12.0 Å². The Morgan fingerprint density at radius 2 is 2.00 bits per heavy atom. The molecule has 3 nitrogen and oxygen atoms in total. The number of carbonyl (C=O) groups is 1. The number of ketones is 1. The molecule has 0 amide bonds. The van der Waals surface area contributed by atoms with Crippen LogP contribution in [0.25, 0.3) is 0 Å². The molecule has 16 heavy (non-hydrogen) atoms. The SMILES string of the molecule is CSCC[C@H](N)C(=O)c1ccc(O)cc1.[W]. The van der Waals surface area contributed by atoms with Gasteiger partial charge in [-0.1, -0.05) is 0 Å². The predicted octanol–water partition coefficient (Wildman–Crippen LogP) is 1.65. The number of hydrogen-bond donors (Lipinski definition) is 2. The van der Waals surface area contributed by atoms with E-state index in [1.54, 1.807) is 23.9 Å². The van der Waals surface area contributed by atoms with Crippen LogP contribution in [0.15, 0.2) is 24.3 Å². The maximum absolute atomic E-state index is 11.7. The minimum atomic E-state index is -0.443. The maximum Gasteiger partial charge on any atom is 0.179 e. The summed E-state index contributed by atoms with van der Waals surface area (Å²) in [4.78, 5) is 11.7. The van der Waals surface area contributed by atoms with Crippen LogP contribution in [0.3, 0.4) is 0 Å². The molecule has 0 aromatic heterocycles. The number of aromatic hydroxyl groups is 1. The monoisotopic (exact) mass is 409 g/mol. The van der Waals surface area contributed by atoms with Crippen LogP contribution in [0.4, 0.5) is 0 Å². The molecule has 1 aromatic carbocycles. The Morgan fingerprint density at radius 1 is 1.44 bits per heavy atom. The van der Waals surface area contributed by atoms with E-state index in [2.05, 4.69) is 0 Å². The fourth-order valence-corrected chi connectivity index (χ4v) is 1.71.